The summed E-state index contributed by atoms with van der Waals surface area (Å²) in [6, 6.07) is 0.0482. The molecule has 3 aromatic heterocycles. The molecule has 2 amide bonds. The van der Waals surface area contributed by atoms with Gasteiger partial charge in [0.1, 0.15) is 23.4 Å². The lowest BCUT2D eigenvalue weighted by atomic mass is 10.1. The fraction of sp³-hybridized carbons (Fsp3) is 0.318. The lowest BCUT2D eigenvalue weighted by Gasteiger charge is -2.32. The fourth-order valence-electron chi connectivity index (χ4n) is 3.82. The zero-order valence-corrected chi connectivity index (χ0v) is 19.4. The first-order chi connectivity index (χ1) is 16.9. The molecule has 0 unspecified atom stereocenters. The maximum absolute atomic E-state index is 12.0. The van der Waals surface area contributed by atoms with E-state index in [1.54, 1.807) is 18.0 Å². The number of carbonyl (C=O) groups excluding carboxylic acids is 2. The summed E-state index contributed by atoms with van der Waals surface area (Å²) in [5.74, 6) is -0.101. The number of rotatable bonds is 8. The summed E-state index contributed by atoms with van der Waals surface area (Å²) in [4.78, 5) is 42.6. The average Bonchev–Trinajstić information content (AvgIpc) is 3.33. The van der Waals surface area contributed by atoms with E-state index in [1.807, 2.05) is 10.9 Å². The van der Waals surface area contributed by atoms with Gasteiger partial charge >= 0.3 is 0 Å². The largest absolute Gasteiger partial charge is 0.479 e. The zero-order chi connectivity index (χ0) is 24.9. The first-order valence-electron chi connectivity index (χ1n) is 10.9. The minimum absolute atomic E-state index is 0.0482. The summed E-state index contributed by atoms with van der Waals surface area (Å²) >= 11 is 0. The summed E-state index contributed by atoms with van der Waals surface area (Å²) in [6.07, 6.45) is 9.28. The number of nitrogens with one attached hydrogen (secondary N) is 2. The van der Waals surface area contributed by atoms with Crippen molar-refractivity contribution in [1.82, 2.24) is 34.6 Å². The molecule has 0 spiro atoms. The monoisotopic (exact) mass is 478 g/mol. The van der Waals surface area contributed by atoms with Crippen molar-refractivity contribution >= 4 is 35.0 Å². The van der Waals surface area contributed by atoms with Crippen LogP contribution in [0.15, 0.2) is 37.6 Å². The highest BCUT2D eigenvalue weighted by Crippen LogP contribution is 2.29. The number of carbonyl (C=O) groups is 2. The van der Waals surface area contributed by atoms with Crippen LogP contribution < -0.4 is 21.1 Å². The van der Waals surface area contributed by atoms with Crippen LogP contribution in [0, 0.1) is 6.92 Å². The van der Waals surface area contributed by atoms with Crippen LogP contribution in [0.1, 0.15) is 34.9 Å². The Hall–Kier alpha value is -4.55. The highest BCUT2D eigenvalue weighted by atomic mass is 16.5. The number of hydrogen-bond donors (Lipinski definition) is 3. The van der Waals surface area contributed by atoms with Crippen LogP contribution in [0.3, 0.4) is 0 Å². The Labute approximate surface area is 201 Å². The molecule has 0 aliphatic carbocycles. The highest BCUT2D eigenvalue weighted by molar-refractivity contribution is 5.98. The van der Waals surface area contributed by atoms with E-state index >= 15 is 0 Å². The number of amides is 2. The van der Waals surface area contributed by atoms with E-state index in [9.17, 15) is 9.59 Å². The van der Waals surface area contributed by atoms with Crippen LogP contribution >= 0.6 is 0 Å². The molecule has 0 aromatic carbocycles. The third-order valence-corrected chi connectivity index (χ3v) is 5.61. The second-order valence-electron chi connectivity index (χ2n) is 7.91. The number of hydrogen-bond acceptors (Lipinski definition) is 10. The third kappa shape index (κ3) is 5.18. The van der Waals surface area contributed by atoms with E-state index in [2.05, 4.69) is 42.2 Å². The molecule has 182 valence electrons. The Balaban J connectivity index is 1.55. The number of methoxy groups -OCH3 is 1. The molecule has 13 nitrogen and oxygen atoms in total. The SMILES string of the molecule is C=CC(=O)N1CCC[C@H](n2cc(Nc3ncc(C(N)=O)c(Nc4c(C)ncnc4OC)n3)cn2)C1. The Morgan fingerprint density at radius 3 is 2.83 bits per heavy atom. The van der Waals surface area contributed by atoms with E-state index < -0.39 is 5.91 Å². The maximum atomic E-state index is 12.0. The molecule has 1 aliphatic rings. The first kappa shape index (κ1) is 23.6. The predicted molar refractivity (Wildman–Crippen MR) is 128 cm³/mol. The summed E-state index contributed by atoms with van der Waals surface area (Å²) in [6.45, 7) is 6.60. The van der Waals surface area contributed by atoms with Gasteiger partial charge in [-0.3, -0.25) is 14.3 Å². The summed E-state index contributed by atoms with van der Waals surface area (Å²) in [5, 5.41) is 10.6. The summed E-state index contributed by atoms with van der Waals surface area (Å²) in [7, 11) is 1.48. The molecule has 3 aromatic rings. The van der Waals surface area contributed by atoms with Crippen molar-refractivity contribution in [2.45, 2.75) is 25.8 Å². The lowest BCUT2D eigenvalue weighted by Crippen LogP contribution is -2.39. The number of aryl methyl sites for hydroxylation is 1. The summed E-state index contributed by atoms with van der Waals surface area (Å²) in [5.41, 5.74) is 7.30. The van der Waals surface area contributed by atoms with E-state index in [0.717, 1.165) is 12.8 Å². The second kappa shape index (κ2) is 10.2. The maximum Gasteiger partial charge on any atom is 0.254 e. The van der Waals surface area contributed by atoms with Crippen LogP contribution in [-0.4, -0.2) is 66.6 Å². The van der Waals surface area contributed by atoms with Gasteiger partial charge in [0.05, 0.1) is 30.7 Å². The third-order valence-electron chi connectivity index (χ3n) is 5.61. The van der Waals surface area contributed by atoms with Crippen molar-refractivity contribution in [3.63, 3.8) is 0 Å². The van der Waals surface area contributed by atoms with Crippen LogP contribution in [0.2, 0.25) is 0 Å². The molecule has 0 saturated carbocycles. The number of anilines is 4. The summed E-state index contributed by atoms with van der Waals surface area (Å²) < 4.78 is 7.10. The molecule has 4 rings (SSSR count). The van der Waals surface area contributed by atoms with E-state index in [-0.39, 0.29) is 29.3 Å². The quantitative estimate of drug-likeness (QED) is 0.406. The minimum atomic E-state index is -0.698. The van der Waals surface area contributed by atoms with Gasteiger partial charge in [0.25, 0.3) is 5.91 Å². The Morgan fingerprint density at radius 2 is 2.09 bits per heavy atom. The van der Waals surface area contributed by atoms with Gasteiger partial charge in [-0.1, -0.05) is 6.58 Å². The zero-order valence-electron chi connectivity index (χ0n) is 19.4. The standard InChI is InChI=1S/C22H26N10O3/c1-4-17(33)31-7-5-6-15(11-31)32-10-14(8-27-32)28-22-24-9-16(19(23)34)20(30-22)29-18-13(2)25-12-26-21(18)35-3/h4,8-10,12,15H,1,5-7,11H2,2-3H3,(H2,23,34)(H2,24,28,29,30)/t15-/m0/s1. The van der Waals surface area contributed by atoms with Crippen molar-refractivity contribution in [2.24, 2.45) is 5.73 Å². The van der Waals surface area contributed by atoms with Gasteiger partial charge in [0.15, 0.2) is 0 Å². The van der Waals surface area contributed by atoms with Gasteiger partial charge < -0.3 is 26.0 Å². The van der Waals surface area contributed by atoms with Crippen molar-refractivity contribution in [3.8, 4) is 5.88 Å². The number of likely N-dealkylation sites (tertiary alicyclic amines) is 1. The van der Waals surface area contributed by atoms with Crippen LogP contribution in [0.5, 0.6) is 5.88 Å². The van der Waals surface area contributed by atoms with Crippen LogP contribution in [0.4, 0.5) is 23.1 Å². The van der Waals surface area contributed by atoms with Crippen molar-refractivity contribution < 1.29 is 14.3 Å². The van der Waals surface area contributed by atoms with E-state index in [4.69, 9.17) is 10.5 Å². The molecule has 0 radical (unpaired) electrons. The molecular formula is C22H26N10O3. The molecule has 1 aliphatic heterocycles. The number of primary amides is 1. The number of piperidine rings is 1. The van der Waals surface area contributed by atoms with Gasteiger partial charge in [-0.15, -0.1) is 0 Å². The second-order valence-corrected chi connectivity index (χ2v) is 7.91. The molecule has 35 heavy (non-hydrogen) atoms. The number of ether oxygens (including phenoxy) is 1. The van der Waals surface area contributed by atoms with Gasteiger partial charge in [-0.2, -0.15) is 15.1 Å². The van der Waals surface area contributed by atoms with Crippen molar-refractivity contribution in [3.05, 3.63) is 48.8 Å². The number of nitrogens with zero attached hydrogens (tertiary/aromatic N) is 7. The first-order valence-corrected chi connectivity index (χ1v) is 10.9. The molecule has 4 heterocycles. The molecule has 1 fully saturated rings. The van der Waals surface area contributed by atoms with E-state index in [0.29, 0.717) is 36.0 Å². The fourth-order valence-corrected chi connectivity index (χ4v) is 3.82. The topological polar surface area (TPSA) is 166 Å². The molecule has 4 N–H and O–H groups in total. The van der Waals surface area contributed by atoms with Crippen molar-refractivity contribution in [1.29, 1.82) is 0 Å². The number of nitrogens with two attached hydrogens (primary N) is 1. The minimum Gasteiger partial charge on any atom is -0.479 e. The van der Waals surface area contributed by atoms with Gasteiger partial charge in [-0.05, 0) is 25.8 Å². The van der Waals surface area contributed by atoms with Gasteiger partial charge in [-0.25, -0.2) is 9.97 Å². The van der Waals surface area contributed by atoms with Crippen molar-refractivity contribution in [2.75, 3.05) is 30.8 Å². The molecule has 13 heteroatoms. The highest BCUT2D eigenvalue weighted by Gasteiger charge is 2.24. The smallest absolute Gasteiger partial charge is 0.254 e. The normalized spacial score (nSPS) is 15.4. The average molecular weight is 479 g/mol. The van der Waals surface area contributed by atoms with Crippen LogP contribution in [-0.2, 0) is 4.79 Å². The number of aromatic nitrogens is 6. The molecular weight excluding hydrogens is 452 g/mol. The van der Waals surface area contributed by atoms with Gasteiger partial charge in [0.2, 0.25) is 17.7 Å². The Bertz CT molecular complexity index is 1260. The predicted octanol–water partition coefficient (Wildman–Crippen LogP) is 1.72. The van der Waals surface area contributed by atoms with Gasteiger partial charge in [0, 0.05) is 25.5 Å². The molecule has 1 atom stereocenters. The van der Waals surface area contributed by atoms with Crippen LogP contribution in [0.25, 0.3) is 0 Å². The molecule has 1 saturated heterocycles. The van der Waals surface area contributed by atoms with E-state index in [1.165, 1.54) is 25.7 Å². The lowest BCUT2D eigenvalue weighted by molar-refractivity contribution is -0.127. The molecule has 0 bridgehead atoms. The Morgan fingerprint density at radius 1 is 1.26 bits per heavy atom. The Kier molecular flexibility index (Phi) is 6.85.